The van der Waals surface area contributed by atoms with E-state index in [1.54, 1.807) is 6.07 Å². The van der Waals surface area contributed by atoms with Gasteiger partial charge in [0.2, 0.25) is 0 Å². The third-order valence-electron chi connectivity index (χ3n) is 3.79. The summed E-state index contributed by atoms with van der Waals surface area (Å²) in [5.41, 5.74) is 6.68. The highest BCUT2D eigenvalue weighted by atomic mass is 19.1. The lowest BCUT2D eigenvalue weighted by Gasteiger charge is -2.21. The summed E-state index contributed by atoms with van der Waals surface area (Å²) in [5, 5.41) is 11.7. The Labute approximate surface area is 118 Å². The molecular weight excluding hydrogens is 259 g/mol. The molecule has 1 saturated carbocycles. The summed E-state index contributed by atoms with van der Waals surface area (Å²) in [7, 11) is 0. The van der Waals surface area contributed by atoms with Crippen molar-refractivity contribution in [3.63, 3.8) is 0 Å². The zero-order valence-electron chi connectivity index (χ0n) is 11.5. The topological polar surface area (TPSA) is 67.8 Å². The van der Waals surface area contributed by atoms with Gasteiger partial charge in [0, 0.05) is 12.2 Å². The van der Waals surface area contributed by atoms with Gasteiger partial charge in [-0.1, -0.05) is 30.5 Å². The van der Waals surface area contributed by atoms with Crippen molar-refractivity contribution in [3.05, 3.63) is 35.1 Å². The fraction of sp³-hybridized carbons (Fsp3) is 0.533. The minimum Gasteiger partial charge on any atom is -0.409 e. The summed E-state index contributed by atoms with van der Waals surface area (Å²) in [5.74, 6) is 0.111. The average Bonchev–Trinajstić information content (AvgIpc) is 2.49. The van der Waals surface area contributed by atoms with Crippen molar-refractivity contribution >= 4 is 5.84 Å². The molecule has 1 fully saturated rings. The van der Waals surface area contributed by atoms with Gasteiger partial charge in [-0.3, -0.25) is 0 Å². The van der Waals surface area contributed by atoms with Gasteiger partial charge in [-0.05, 0) is 36.5 Å². The van der Waals surface area contributed by atoms with E-state index in [0.717, 1.165) is 5.56 Å². The maximum atomic E-state index is 13.2. The van der Waals surface area contributed by atoms with Gasteiger partial charge in [-0.2, -0.15) is 0 Å². The van der Waals surface area contributed by atoms with Gasteiger partial charge >= 0.3 is 0 Å². The van der Waals surface area contributed by atoms with E-state index in [-0.39, 0.29) is 5.84 Å². The summed E-state index contributed by atoms with van der Waals surface area (Å²) in [6.07, 6.45) is 6.31. The van der Waals surface area contributed by atoms with Crippen molar-refractivity contribution in [2.45, 2.75) is 38.7 Å². The summed E-state index contributed by atoms with van der Waals surface area (Å²) >= 11 is 0. The molecule has 0 radical (unpaired) electrons. The third-order valence-corrected chi connectivity index (χ3v) is 3.79. The number of oxime groups is 1. The first-order valence-electron chi connectivity index (χ1n) is 7.04. The predicted octanol–water partition coefficient (Wildman–Crippen LogP) is 3.02. The normalized spacial score (nSPS) is 17.4. The average molecular weight is 280 g/mol. The minimum atomic E-state index is -0.414. The number of hydrogen-bond acceptors (Lipinski definition) is 3. The van der Waals surface area contributed by atoms with Crippen molar-refractivity contribution in [2.24, 2.45) is 16.8 Å². The Hall–Kier alpha value is -1.62. The molecule has 0 heterocycles. The highest BCUT2D eigenvalue weighted by Crippen LogP contribution is 2.24. The molecule has 20 heavy (non-hydrogen) atoms. The first-order valence-corrected chi connectivity index (χ1v) is 7.04. The van der Waals surface area contributed by atoms with Crippen LogP contribution in [0.1, 0.15) is 43.2 Å². The maximum absolute atomic E-state index is 13.2. The summed E-state index contributed by atoms with van der Waals surface area (Å²) in [6, 6.07) is 4.23. The molecule has 0 aromatic heterocycles. The Morgan fingerprint density at radius 2 is 2.10 bits per heavy atom. The van der Waals surface area contributed by atoms with E-state index >= 15 is 0 Å². The van der Waals surface area contributed by atoms with Crippen molar-refractivity contribution < 1.29 is 14.3 Å². The van der Waals surface area contributed by atoms with E-state index in [0.29, 0.717) is 24.7 Å². The molecular formula is C15H21FN2O2. The summed E-state index contributed by atoms with van der Waals surface area (Å²) in [4.78, 5) is 0. The zero-order chi connectivity index (χ0) is 14.4. The van der Waals surface area contributed by atoms with Gasteiger partial charge in [0.15, 0.2) is 5.84 Å². The Morgan fingerprint density at radius 1 is 1.35 bits per heavy atom. The minimum absolute atomic E-state index is 0.0965. The number of amidine groups is 1. The van der Waals surface area contributed by atoms with Crippen LogP contribution in [0.5, 0.6) is 0 Å². The standard InChI is InChI=1S/C15H21FN2O2/c16-13-7-6-12(14(8-13)15(17)18-19)10-20-9-11-4-2-1-3-5-11/h6-8,11,19H,1-5,9-10H2,(H2,17,18). The maximum Gasteiger partial charge on any atom is 0.170 e. The molecule has 3 N–H and O–H groups in total. The molecule has 0 saturated heterocycles. The molecule has 0 spiro atoms. The van der Waals surface area contributed by atoms with E-state index < -0.39 is 5.82 Å². The van der Waals surface area contributed by atoms with Crippen LogP contribution in [0.3, 0.4) is 0 Å². The first-order chi connectivity index (χ1) is 9.70. The molecule has 0 unspecified atom stereocenters. The highest BCUT2D eigenvalue weighted by molar-refractivity contribution is 5.98. The monoisotopic (exact) mass is 280 g/mol. The Balaban J connectivity index is 1.94. The third kappa shape index (κ3) is 3.93. The molecule has 0 bridgehead atoms. The molecule has 2 rings (SSSR count). The Bertz CT molecular complexity index is 471. The fourth-order valence-electron chi connectivity index (χ4n) is 2.66. The van der Waals surface area contributed by atoms with Crippen LogP contribution in [0.15, 0.2) is 23.4 Å². The smallest absolute Gasteiger partial charge is 0.170 e. The van der Waals surface area contributed by atoms with Gasteiger partial charge in [-0.25, -0.2) is 4.39 Å². The van der Waals surface area contributed by atoms with Crippen molar-refractivity contribution in [1.29, 1.82) is 0 Å². The van der Waals surface area contributed by atoms with Crippen LogP contribution in [-0.4, -0.2) is 17.6 Å². The molecule has 110 valence electrons. The second kappa shape index (κ2) is 7.24. The number of nitrogens with two attached hydrogens (primary N) is 1. The molecule has 5 heteroatoms. The van der Waals surface area contributed by atoms with Crippen LogP contribution >= 0.6 is 0 Å². The van der Waals surface area contributed by atoms with Gasteiger partial charge in [-0.15, -0.1) is 0 Å². The van der Waals surface area contributed by atoms with Crippen LogP contribution in [0.2, 0.25) is 0 Å². The lowest BCUT2D eigenvalue weighted by molar-refractivity contribution is 0.0738. The summed E-state index contributed by atoms with van der Waals surface area (Å²) < 4.78 is 18.9. The fourth-order valence-corrected chi connectivity index (χ4v) is 2.66. The first kappa shape index (κ1) is 14.8. The van der Waals surface area contributed by atoms with Crippen LogP contribution < -0.4 is 5.73 Å². The van der Waals surface area contributed by atoms with E-state index in [1.165, 1.54) is 44.2 Å². The lowest BCUT2D eigenvalue weighted by Crippen LogP contribution is -2.18. The SMILES string of the molecule is NC(=NO)c1cc(F)ccc1COCC1CCCCC1. The number of hydrogen-bond donors (Lipinski definition) is 2. The number of halogens is 1. The molecule has 1 aromatic rings. The molecule has 1 aromatic carbocycles. The van der Waals surface area contributed by atoms with E-state index in [9.17, 15) is 4.39 Å². The van der Waals surface area contributed by atoms with E-state index in [4.69, 9.17) is 15.7 Å². The highest BCUT2D eigenvalue weighted by Gasteiger charge is 2.14. The number of rotatable bonds is 5. The predicted molar refractivity (Wildman–Crippen MR) is 75.1 cm³/mol. The Morgan fingerprint density at radius 3 is 2.80 bits per heavy atom. The number of benzene rings is 1. The lowest BCUT2D eigenvalue weighted by atomic mass is 9.90. The Kier molecular flexibility index (Phi) is 5.35. The quantitative estimate of drug-likeness (QED) is 0.377. The van der Waals surface area contributed by atoms with Crippen LogP contribution in [0.25, 0.3) is 0 Å². The van der Waals surface area contributed by atoms with Crippen LogP contribution in [0, 0.1) is 11.7 Å². The van der Waals surface area contributed by atoms with Crippen molar-refractivity contribution in [2.75, 3.05) is 6.61 Å². The number of ether oxygens (including phenoxy) is 1. The van der Waals surface area contributed by atoms with Gasteiger partial charge in [0.25, 0.3) is 0 Å². The van der Waals surface area contributed by atoms with Crippen molar-refractivity contribution in [3.8, 4) is 0 Å². The van der Waals surface area contributed by atoms with Gasteiger partial charge in [0.1, 0.15) is 5.82 Å². The van der Waals surface area contributed by atoms with E-state index in [2.05, 4.69) is 5.16 Å². The molecule has 4 nitrogen and oxygen atoms in total. The summed E-state index contributed by atoms with van der Waals surface area (Å²) in [6.45, 7) is 1.06. The van der Waals surface area contributed by atoms with Crippen LogP contribution in [-0.2, 0) is 11.3 Å². The molecule has 0 atom stereocenters. The molecule has 1 aliphatic carbocycles. The molecule has 0 amide bonds. The molecule has 1 aliphatic rings. The van der Waals surface area contributed by atoms with Crippen LogP contribution in [0.4, 0.5) is 4.39 Å². The van der Waals surface area contributed by atoms with Gasteiger partial charge < -0.3 is 15.7 Å². The molecule has 0 aliphatic heterocycles. The van der Waals surface area contributed by atoms with Gasteiger partial charge in [0.05, 0.1) is 6.61 Å². The van der Waals surface area contributed by atoms with E-state index in [1.807, 2.05) is 0 Å². The zero-order valence-corrected chi connectivity index (χ0v) is 11.5. The second-order valence-corrected chi connectivity index (χ2v) is 5.31. The largest absolute Gasteiger partial charge is 0.409 e. The van der Waals surface area contributed by atoms with Crippen molar-refractivity contribution in [1.82, 2.24) is 0 Å². The number of nitrogens with zero attached hydrogens (tertiary/aromatic N) is 1. The second-order valence-electron chi connectivity index (χ2n) is 5.31.